The van der Waals surface area contributed by atoms with Gasteiger partial charge >= 0.3 is 0 Å². The summed E-state index contributed by atoms with van der Waals surface area (Å²) in [6.07, 6.45) is 0.750. The van der Waals surface area contributed by atoms with Crippen LogP contribution in [0.4, 0.5) is 0 Å². The zero-order valence-corrected chi connectivity index (χ0v) is 19.0. The molecule has 0 saturated carbocycles. The van der Waals surface area contributed by atoms with Crippen molar-refractivity contribution in [1.29, 1.82) is 0 Å². The van der Waals surface area contributed by atoms with Crippen LogP contribution >= 0.6 is 11.8 Å². The lowest BCUT2D eigenvalue weighted by Gasteiger charge is -2.24. The highest BCUT2D eigenvalue weighted by atomic mass is 32.2. The molecule has 2 aromatic carbocycles. The zero-order valence-electron chi connectivity index (χ0n) is 18.1. The third-order valence-corrected chi connectivity index (χ3v) is 5.56. The van der Waals surface area contributed by atoms with Gasteiger partial charge in [0.25, 0.3) is 0 Å². The summed E-state index contributed by atoms with van der Waals surface area (Å²) in [5, 5.41) is 7.66. The van der Waals surface area contributed by atoms with Gasteiger partial charge in [0.1, 0.15) is 0 Å². The summed E-state index contributed by atoms with van der Waals surface area (Å²) >= 11 is 1.76. The van der Waals surface area contributed by atoms with Crippen molar-refractivity contribution >= 4 is 29.1 Å². The van der Waals surface area contributed by atoms with Crippen LogP contribution in [0, 0.1) is 20.8 Å². The number of rotatable bonds is 4. The van der Waals surface area contributed by atoms with Crippen LogP contribution in [0.5, 0.6) is 0 Å². The highest BCUT2D eigenvalue weighted by Gasteiger charge is 2.19. The van der Waals surface area contributed by atoms with E-state index in [2.05, 4.69) is 45.0 Å². The van der Waals surface area contributed by atoms with Gasteiger partial charge < -0.3 is 4.90 Å². The van der Waals surface area contributed by atoms with Crippen LogP contribution in [-0.2, 0) is 11.3 Å². The molecule has 5 nitrogen and oxygen atoms in total. The Bertz CT molecular complexity index is 891. The molecule has 1 amide bonds. The number of hydrogen-bond donors (Lipinski definition) is 0. The first-order chi connectivity index (χ1) is 13.8. The van der Waals surface area contributed by atoms with Gasteiger partial charge in [-0.25, -0.2) is 5.01 Å². The number of carbonyl (C=O) groups excluding carboxylic acids is 1. The van der Waals surface area contributed by atoms with Crippen molar-refractivity contribution in [3.8, 4) is 0 Å². The monoisotopic (exact) mass is 410 g/mol. The van der Waals surface area contributed by atoms with Gasteiger partial charge in [-0.15, -0.1) is 0 Å². The summed E-state index contributed by atoms with van der Waals surface area (Å²) in [4.78, 5) is 15.6. The maximum Gasteiger partial charge on any atom is 0.209 e. The molecule has 2 aromatic rings. The number of amides is 1. The number of aliphatic imine (C=N–C) groups is 1. The Morgan fingerprint density at radius 3 is 2.31 bits per heavy atom. The first-order valence-corrected chi connectivity index (χ1v) is 10.5. The summed E-state index contributed by atoms with van der Waals surface area (Å²) in [7, 11) is 5.35. The predicted octanol–water partition coefficient (Wildman–Crippen LogP) is 4.26. The Labute approximate surface area is 178 Å². The van der Waals surface area contributed by atoms with Gasteiger partial charge in [-0.2, -0.15) is 5.10 Å². The van der Waals surface area contributed by atoms with Crippen LogP contribution < -0.4 is 0 Å². The molecule has 1 heterocycles. The molecule has 0 aromatic heterocycles. The van der Waals surface area contributed by atoms with Crippen molar-refractivity contribution in [3.63, 3.8) is 0 Å². The first-order valence-electron chi connectivity index (χ1n) is 9.54. The quantitative estimate of drug-likeness (QED) is 0.708. The summed E-state index contributed by atoms with van der Waals surface area (Å²) in [5.74, 6) is 0.862. The van der Waals surface area contributed by atoms with Crippen LogP contribution in [0.3, 0.4) is 0 Å². The molecule has 0 unspecified atom stereocenters. The molecule has 3 rings (SSSR count). The number of nitrogens with zero attached hydrogens (tertiary/aromatic N) is 4. The fourth-order valence-electron chi connectivity index (χ4n) is 2.77. The molecule has 0 radical (unpaired) electrons. The fourth-order valence-corrected chi connectivity index (χ4v) is 3.63. The summed E-state index contributed by atoms with van der Waals surface area (Å²) in [5.41, 5.74) is 7.53. The minimum Gasteiger partial charge on any atom is -0.351 e. The molecular weight excluding hydrogens is 380 g/mol. The minimum absolute atomic E-state index is 0.695. The second kappa shape index (κ2) is 10.8. The van der Waals surface area contributed by atoms with Gasteiger partial charge in [0.15, 0.2) is 5.17 Å². The number of hydrogen-bond acceptors (Lipinski definition) is 4. The van der Waals surface area contributed by atoms with Crippen LogP contribution in [-0.4, -0.2) is 54.1 Å². The molecule has 0 spiro atoms. The average Bonchev–Trinajstić information content (AvgIpc) is 2.71. The second-order valence-corrected chi connectivity index (χ2v) is 8.21. The van der Waals surface area contributed by atoms with E-state index in [0.29, 0.717) is 6.54 Å². The van der Waals surface area contributed by atoms with E-state index in [9.17, 15) is 4.79 Å². The Morgan fingerprint density at radius 1 is 1.10 bits per heavy atom. The van der Waals surface area contributed by atoms with E-state index in [-0.39, 0.29) is 0 Å². The lowest BCUT2D eigenvalue weighted by Crippen LogP contribution is -2.28. The van der Waals surface area contributed by atoms with Crippen LogP contribution in [0.15, 0.2) is 52.6 Å². The second-order valence-electron chi connectivity index (χ2n) is 7.26. The van der Waals surface area contributed by atoms with E-state index in [0.717, 1.165) is 23.0 Å². The molecule has 0 bridgehead atoms. The highest BCUT2D eigenvalue weighted by Crippen LogP contribution is 2.23. The van der Waals surface area contributed by atoms with Crippen molar-refractivity contribution < 1.29 is 4.79 Å². The Balaban J connectivity index is 0.000000537. The van der Waals surface area contributed by atoms with E-state index in [1.54, 1.807) is 25.9 Å². The van der Waals surface area contributed by atoms with Crippen molar-refractivity contribution in [2.24, 2.45) is 10.1 Å². The minimum atomic E-state index is 0.695. The number of hydrazone groups is 1. The highest BCUT2D eigenvalue weighted by molar-refractivity contribution is 8.14. The lowest BCUT2D eigenvalue weighted by atomic mass is 9.98. The molecule has 0 N–H and O–H groups in total. The zero-order chi connectivity index (χ0) is 21.4. The van der Waals surface area contributed by atoms with Crippen LogP contribution in [0.25, 0.3) is 0 Å². The molecule has 0 aliphatic carbocycles. The molecule has 154 valence electrons. The standard InChI is InChI=1S/C20H23N3S.C3H7NO/c1-14-10-16(3)18(11-15(14)2)19-13-24-20(23(4)22-19)21-12-17-8-6-5-7-9-17;1-4(2)3-5/h5-11H,12-13H2,1-4H3;3H,1-2H3. The first kappa shape index (κ1) is 22.7. The smallest absolute Gasteiger partial charge is 0.209 e. The fraction of sp³-hybridized carbons (Fsp3) is 0.348. The average molecular weight is 411 g/mol. The van der Waals surface area contributed by atoms with Gasteiger partial charge in [0.2, 0.25) is 6.41 Å². The van der Waals surface area contributed by atoms with Gasteiger partial charge in [0.05, 0.1) is 12.3 Å². The SMILES string of the molecule is CN(C)C=O.Cc1cc(C)c(C2=NN(C)C(=NCc3ccccc3)SC2)cc1C. The Morgan fingerprint density at radius 2 is 1.72 bits per heavy atom. The maximum atomic E-state index is 9.43. The Hall–Kier alpha value is -2.60. The van der Waals surface area contributed by atoms with Gasteiger partial charge in [-0.3, -0.25) is 9.79 Å². The van der Waals surface area contributed by atoms with Gasteiger partial charge in [0, 0.05) is 32.5 Å². The predicted molar refractivity (Wildman–Crippen MR) is 125 cm³/mol. The molecule has 6 heteroatoms. The normalized spacial score (nSPS) is 14.8. The molecular formula is C23H30N4OS. The lowest BCUT2D eigenvalue weighted by molar-refractivity contribution is -0.115. The number of aryl methyl sites for hydroxylation is 3. The van der Waals surface area contributed by atoms with Gasteiger partial charge in [-0.1, -0.05) is 48.2 Å². The molecule has 1 aliphatic rings. The molecule has 0 fully saturated rings. The number of thioether (sulfide) groups is 1. The summed E-state index contributed by atoms with van der Waals surface area (Å²) in [6, 6.07) is 14.8. The van der Waals surface area contributed by atoms with Crippen LogP contribution in [0.1, 0.15) is 27.8 Å². The van der Waals surface area contributed by atoms with Crippen molar-refractivity contribution in [2.75, 3.05) is 26.9 Å². The third-order valence-electron chi connectivity index (χ3n) is 4.49. The van der Waals surface area contributed by atoms with E-state index >= 15 is 0 Å². The Kier molecular flexibility index (Phi) is 8.46. The summed E-state index contributed by atoms with van der Waals surface area (Å²) in [6.45, 7) is 7.17. The number of carbonyl (C=O) groups is 1. The van der Waals surface area contributed by atoms with E-state index in [4.69, 9.17) is 10.1 Å². The maximum absolute atomic E-state index is 9.43. The van der Waals surface area contributed by atoms with Crippen LogP contribution in [0.2, 0.25) is 0 Å². The molecule has 0 atom stereocenters. The number of benzene rings is 2. The largest absolute Gasteiger partial charge is 0.351 e. The van der Waals surface area contributed by atoms with E-state index < -0.39 is 0 Å². The van der Waals surface area contributed by atoms with Crippen molar-refractivity contribution in [3.05, 3.63) is 70.3 Å². The number of amidine groups is 1. The molecule has 29 heavy (non-hydrogen) atoms. The van der Waals surface area contributed by atoms with E-state index in [1.807, 2.05) is 30.3 Å². The molecule has 1 aliphatic heterocycles. The van der Waals surface area contributed by atoms with Crippen molar-refractivity contribution in [1.82, 2.24) is 9.91 Å². The van der Waals surface area contributed by atoms with E-state index in [1.165, 1.54) is 32.7 Å². The van der Waals surface area contributed by atoms with Gasteiger partial charge in [-0.05, 0) is 49.1 Å². The topological polar surface area (TPSA) is 48.3 Å². The third kappa shape index (κ3) is 6.75. The molecule has 0 saturated heterocycles. The summed E-state index contributed by atoms with van der Waals surface area (Å²) < 4.78 is 0. The van der Waals surface area contributed by atoms with Crippen molar-refractivity contribution in [2.45, 2.75) is 27.3 Å².